The van der Waals surface area contributed by atoms with Crippen molar-refractivity contribution in [1.29, 1.82) is 5.26 Å². The summed E-state index contributed by atoms with van der Waals surface area (Å²) in [6.45, 7) is 0.236. The molecule has 0 aliphatic carbocycles. The molecule has 0 amide bonds. The Kier molecular flexibility index (Phi) is 3.47. The average Bonchev–Trinajstić information content (AvgIpc) is 2.91. The number of aromatic nitrogens is 1. The highest BCUT2D eigenvalue weighted by Gasteiger charge is 2.10. The monoisotopic (exact) mass is 294 g/mol. The van der Waals surface area contributed by atoms with Gasteiger partial charge < -0.3 is 4.57 Å². The van der Waals surface area contributed by atoms with E-state index < -0.39 is 0 Å². The van der Waals surface area contributed by atoms with Gasteiger partial charge in [-0.25, -0.2) is 0 Å². The highest BCUT2D eigenvalue weighted by Crippen LogP contribution is 2.20. The minimum Gasteiger partial charge on any atom is -0.340 e. The summed E-state index contributed by atoms with van der Waals surface area (Å²) in [5.74, 6) is 0.00604. The van der Waals surface area contributed by atoms with Crippen LogP contribution in [0.3, 0.4) is 0 Å². The molecular formula is C17H11ClN2O. The number of Topliss-reactive ketones (excluding diaryl/α,β-unsaturated/α-hetero) is 1. The quantitative estimate of drug-likeness (QED) is 0.684. The first-order chi connectivity index (χ1) is 10.2. The third-order valence-electron chi connectivity index (χ3n) is 3.41. The lowest BCUT2D eigenvalue weighted by molar-refractivity contribution is 0.0973. The van der Waals surface area contributed by atoms with Crippen LogP contribution in [0.5, 0.6) is 0 Å². The Labute approximate surface area is 127 Å². The van der Waals surface area contributed by atoms with Gasteiger partial charge in [0.1, 0.15) is 0 Å². The molecule has 0 atom stereocenters. The topological polar surface area (TPSA) is 45.8 Å². The zero-order valence-electron chi connectivity index (χ0n) is 11.1. The van der Waals surface area contributed by atoms with Gasteiger partial charge in [0, 0.05) is 27.7 Å². The van der Waals surface area contributed by atoms with Crippen LogP contribution in [-0.4, -0.2) is 10.4 Å². The molecule has 0 spiro atoms. The molecule has 1 heterocycles. The number of carbonyl (C=O) groups excluding carboxylic acids is 1. The summed E-state index contributed by atoms with van der Waals surface area (Å²) in [6.07, 6.45) is 1.83. The van der Waals surface area contributed by atoms with Crippen molar-refractivity contribution in [1.82, 2.24) is 4.57 Å². The number of nitriles is 1. The molecule has 0 radical (unpaired) electrons. The number of rotatable bonds is 3. The molecule has 1 aromatic heterocycles. The summed E-state index contributed by atoms with van der Waals surface area (Å²) < 4.78 is 1.85. The second kappa shape index (κ2) is 5.43. The molecule has 0 saturated heterocycles. The van der Waals surface area contributed by atoms with E-state index in [0.29, 0.717) is 16.1 Å². The van der Waals surface area contributed by atoms with Crippen LogP contribution in [0.1, 0.15) is 15.9 Å². The van der Waals surface area contributed by atoms with E-state index in [1.165, 1.54) is 0 Å². The van der Waals surface area contributed by atoms with Gasteiger partial charge in [-0.15, -0.1) is 0 Å². The van der Waals surface area contributed by atoms with E-state index in [0.717, 1.165) is 10.9 Å². The molecule has 0 aliphatic rings. The molecule has 3 rings (SSSR count). The van der Waals surface area contributed by atoms with Crippen LogP contribution in [0.25, 0.3) is 10.9 Å². The molecule has 2 aromatic carbocycles. The maximum absolute atomic E-state index is 12.3. The maximum atomic E-state index is 12.3. The molecular weight excluding hydrogens is 284 g/mol. The number of carbonyl (C=O) groups is 1. The van der Waals surface area contributed by atoms with E-state index in [1.807, 2.05) is 29.0 Å². The minimum absolute atomic E-state index is 0.00604. The van der Waals surface area contributed by atoms with Crippen LogP contribution in [0.4, 0.5) is 0 Å². The smallest absolute Gasteiger partial charge is 0.182 e. The maximum Gasteiger partial charge on any atom is 0.182 e. The fourth-order valence-electron chi connectivity index (χ4n) is 2.34. The molecule has 0 fully saturated rings. The molecule has 0 saturated carbocycles. The third-order valence-corrected chi connectivity index (χ3v) is 3.67. The van der Waals surface area contributed by atoms with Gasteiger partial charge in [0.05, 0.1) is 18.2 Å². The molecule has 0 aliphatic heterocycles. The zero-order chi connectivity index (χ0) is 14.8. The van der Waals surface area contributed by atoms with E-state index in [1.54, 1.807) is 30.3 Å². The van der Waals surface area contributed by atoms with Crippen LogP contribution in [0.2, 0.25) is 5.02 Å². The Morgan fingerprint density at radius 2 is 1.90 bits per heavy atom. The van der Waals surface area contributed by atoms with E-state index >= 15 is 0 Å². The Morgan fingerprint density at radius 3 is 2.62 bits per heavy atom. The van der Waals surface area contributed by atoms with E-state index in [2.05, 4.69) is 6.07 Å². The molecule has 0 bridgehead atoms. The number of benzene rings is 2. The average molecular weight is 295 g/mol. The summed E-state index contributed by atoms with van der Waals surface area (Å²) in [4.78, 5) is 12.3. The first kappa shape index (κ1) is 13.4. The number of fused-ring (bicyclic) bond motifs is 1. The molecule has 0 N–H and O–H groups in total. The van der Waals surface area contributed by atoms with Crippen LogP contribution in [-0.2, 0) is 6.54 Å². The van der Waals surface area contributed by atoms with Crippen molar-refractivity contribution in [2.75, 3.05) is 0 Å². The fraction of sp³-hybridized carbons (Fsp3) is 0.0588. The third kappa shape index (κ3) is 2.54. The van der Waals surface area contributed by atoms with Gasteiger partial charge >= 0.3 is 0 Å². The van der Waals surface area contributed by atoms with Crippen LogP contribution >= 0.6 is 11.6 Å². The molecule has 102 valence electrons. The largest absolute Gasteiger partial charge is 0.340 e. The standard InChI is InChI=1S/C17H11ClN2O/c18-14-6-4-12(5-7-14)17(21)11-20-9-8-15-13(10-19)2-1-3-16(15)20/h1-9H,11H2. The van der Waals surface area contributed by atoms with Gasteiger partial charge in [-0.05, 0) is 42.5 Å². The summed E-state index contributed by atoms with van der Waals surface area (Å²) >= 11 is 5.82. The summed E-state index contributed by atoms with van der Waals surface area (Å²) in [5, 5.41) is 10.6. The van der Waals surface area contributed by atoms with Gasteiger partial charge in [0.25, 0.3) is 0 Å². The van der Waals surface area contributed by atoms with Crippen LogP contribution < -0.4 is 0 Å². The number of ketones is 1. The lowest BCUT2D eigenvalue weighted by atomic mass is 10.1. The van der Waals surface area contributed by atoms with Crippen LogP contribution in [0, 0.1) is 11.3 Å². The fourth-order valence-corrected chi connectivity index (χ4v) is 2.47. The van der Waals surface area contributed by atoms with Gasteiger partial charge in [-0.2, -0.15) is 5.26 Å². The molecule has 3 nitrogen and oxygen atoms in total. The zero-order valence-corrected chi connectivity index (χ0v) is 11.8. The number of nitrogens with zero attached hydrogens (tertiary/aromatic N) is 2. The molecule has 3 aromatic rings. The highest BCUT2D eigenvalue weighted by molar-refractivity contribution is 6.30. The van der Waals surface area contributed by atoms with Crippen molar-refractivity contribution in [3.63, 3.8) is 0 Å². The van der Waals surface area contributed by atoms with Gasteiger partial charge in [0.15, 0.2) is 5.78 Å². The van der Waals surface area contributed by atoms with E-state index in [4.69, 9.17) is 16.9 Å². The number of halogens is 1. The highest BCUT2D eigenvalue weighted by atomic mass is 35.5. The Balaban J connectivity index is 1.94. The minimum atomic E-state index is 0.00604. The summed E-state index contributed by atoms with van der Waals surface area (Å²) in [7, 11) is 0. The van der Waals surface area contributed by atoms with Crippen LogP contribution in [0.15, 0.2) is 54.7 Å². The molecule has 0 unspecified atom stereocenters. The van der Waals surface area contributed by atoms with E-state index in [-0.39, 0.29) is 12.3 Å². The second-order valence-corrected chi connectivity index (χ2v) is 5.16. The van der Waals surface area contributed by atoms with E-state index in [9.17, 15) is 4.79 Å². The summed E-state index contributed by atoms with van der Waals surface area (Å²) in [6, 6.07) is 16.4. The second-order valence-electron chi connectivity index (χ2n) is 4.72. The lowest BCUT2D eigenvalue weighted by Crippen LogP contribution is -2.09. The van der Waals surface area contributed by atoms with Gasteiger partial charge in [-0.3, -0.25) is 4.79 Å². The predicted octanol–water partition coefficient (Wildman–Crippen LogP) is 4.05. The number of hydrogen-bond acceptors (Lipinski definition) is 2. The van der Waals surface area contributed by atoms with Crippen molar-refractivity contribution >= 4 is 28.3 Å². The normalized spacial score (nSPS) is 10.5. The lowest BCUT2D eigenvalue weighted by Gasteiger charge is -2.05. The Bertz CT molecular complexity index is 857. The van der Waals surface area contributed by atoms with Crippen molar-refractivity contribution in [3.8, 4) is 6.07 Å². The Hall–Kier alpha value is -2.57. The van der Waals surface area contributed by atoms with Crippen molar-refractivity contribution in [3.05, 3.63) is 70.9 Å². The molecule has 21 heavy (non-hydrogen) atoms. The first-order valence-electron chi connectivity index (χ1n) is 6.46. The van der Waals surface area contributed by atoms with Gasteiger partial charge in [0.2, 0.25) is 0 Å². The number of hydrogen-bond donors (Lipinski definition) is 0. The molecule has 4 heteroatoms. The SMILES string of the molecule is N#Cc1cccc2c1ccn2CC(=O)c1ccc(Cl)cc1. The van der Waals surface area contributed by atoms with Crippen molar-refractivity contribution in [2.24, 2.45) is 0 Å². The predicted molar refractivity (Wildman–Crippen MR) is 82.4 cm³/mol. The van der Waals surface area contributed by atoms with Gasteiger partial charge in [-0.1, -0.05) is 17.7 Å². The Morgan fingerprint density at radius 1 is 1.14 bits per heavy atom. The van der Waals surface area contributed by atoms with Crippen molar-refractivity contribution in [2.45, 2.75) is 6.54 Å². The van der Waals surface area contributed by atoms with Crippen molar-refractivity contribution < 1.29 is 4.79 Å². The first-order valence-corrected chi connectivity index (χ1v) is 6.83. The summed E-state index contributed by atoms with van der Waals surface area (Å²) in [5.41, 5.74) is 2.12.